The van der Waals surface area contributed by atoms with Gasteiger partial charge in [-0.25, -0.2) is 18.4 Å². The van der Waals surface area contributed by atoms with E-state index < -0.39 is 14.6 Å². The molecule has 1 heterocycles. The predicted octanol–water partition coefficient (Wildman–Crippen LogP) is 1.09. The van der Waals surface area contributed by atoms with E-state index in [1.165, 1.54) is 0 Å². The van der Waals surface area contributed by atoms with Crippen molar-refractivity contribution in [1.82, 2.24) is 15.3 Å². The van der Waals surface area contributed by atoms with Gasteiger partial charge in [0.05, 0.1) is 16.2 Å². The lowest BCUT2D eigenvalue weighted by Crippen LogP contribution is -2.34. The van der Waals surface area contributed by atoms with E-state index in [4.69, 9.17) is 0 Å². The minimum Gasteiger partial charge on any atom is -0.310 e. The lowest BCUT2D eigenvalue weighted by atomic mass is 10.3. The molecule has 5 nitrogen and oxygen atoms in total. The Morgan fingerprint density at radius 3 is 2.56 bits per heavy atom. The van der Waals surface area contributed by atoms with Crippen LogP contribution in [-0.4, -0.2) is 35.4 Å². The van der Waals surface area contributed by atoms with Crippen LogP contribution in [0.25, 0.3) is 0 Å². The highest BCUT2D eigenvalue weighted by molar-refractivity contribution is 7.92. The molecule has 1 aromatic heterocycles. The zero-order valence-corrected chi connectivity index (χ0v) is 12.2. The average molecular weight is 271 g/mol. The van der Waals surface area contributed by atoms with Crippen molar-refractivity contribution in [1.29, 1.82) is 0 Å². The maximum Gasteiger partial charge on any atom is 0.156 e. The number of aromatic nitrogens is 2. The van der Waals surface area contributed by atoms with Gasteiger partial charge in [-0.1, -0.05) is 0 Å². The summed E-state index contributed by atoms with van der Waals surface area (Å²) in [6.45, 7) is 7.97. The Morgan fingerprint density at radius 1 is 1.33 bits per heavy atom. The van der Waals surface area contributed by atoms with Crippen molar-refractivity contribution >= 4 is 9.84 Å². The second-order valence-corrected chi connectivity index (χ2v) is 8.07. The van der Waals surface area contributed by atoms with E-state index in [2.05, 4.69) is 15.3 Å². The fourth-order valence-electron chi connectivity index (χ4n) is 1.33. The Kier molecular flexibility index (Phi) is 4.81. The highest BCUT2D eigenvalue weighted by atomic mass is 32.2. The summed E-state index contributed by atoms with van der Waals surface area (Å²) in [4.78, 5) is 8.24. The molecule has 0 saturated carbocycles. The molecule has 0 unspecified atom stereocenters. The minimum absolute atomic E-state index is 0.139. The standard InChI is InChI=1S/C12H21N3O2S/c1-10-14-6-5-11(15-10)9-13-7-8-18(16,17)12(2,3)4/h5-6,13H,7-9H2,1-4H3. The van der Waals surface area contributed by atoms with Crippen LogP contribution < -0.4 is 5.32 Å². The first-order chi connectivity index (χ1) is 8.22. The van der Waals surface area contributed by atoms with Crippen LogP contribution in [0.15, 0.2) is 12.3 Å². The van der Waals surface area contributed by atoms with Gasteiger partial charge in [-0.15, -0.1) is 0 Å². The van der Waals surface area contributed by atoms with Crippen LogP contribution in [0.5, 0.6) is 0 Å². The van der Waals surface area contributed by atoms with Crippen molar-refractivity contribution in [3.63, 3.8) is 0 Å². The lowest BCUT2D eigenvalue weighted by Gasteiger charge is -2.19. The first-order valence-corrected chi connectivity index (χ1v) is 7.59. The molecule has 0 amide bonds. The van der Waals surface area contributed by atoms with Gasteiger partial charge in [0.15, 0.2) is 9.84 Å². The molecule has 0 atom stereocenters. The normalized spacial score (nSPS) is 12.7. The van der Waals surface area contributed by atoms with Gasteiger partial charge >= 0.3 is 0 Å². The van der Waals surface area contributed by atoms with Crippen LogP contribution in [0.2, 0.25) is 0 Å². The highest BCUT2D eigenvalue weighted by Crippen LogP contribution is 2.15. The van der Waals surface area contributed by atoms with Gasteiger partial charge in [0.1, 0.15) is 5.82 Å². The largest absolute Gasteiger partial charge is 0.310 e. The fourth-order valence-corrected chi connectivity index (χ4v) is 2.36. The number of nitrogens with zero attached hydrogens (tertiary/aromatic N) is 2. The van der Waals surface area contributed by atoms with Gasteiger partial charge in [0.25, 0.3) is 0 Å². The topological polar surface area (TPSA) is 72.0 Å². The second-order valence-electron chi connectivity index (χ2n) is 5.20. The molecule has 18 heavy (non-hydrogen) atoms. The Hall–Kier alpha value is -1.01. The summed E-state index contributed by atoms with van der Waals surface area (Å²) in [7, 11) is -3.06. The van der Waals surface area contributed by atoms with E-state index in [9.17, 15) is 8.42 Å². The maximum atomic E-state index is 11.9. The average Bonchev–Trinajstić information content (AvgIpc) is 2.23. The Labute approximate surface area is 109 Å². The molecule has 0 aliphatic heterocycles. The molecule has 0 bridgehead atoms. The molecule has 0 fully saturated rings. The fraction of sp³-hybridized carbons (Fsp3) is 0.667. The molecular formula is C12H21N3O2S. The minimum atomic E-state index is -3.06. The van der Waals surface area contributed by atoms with Gasteiger partial charge in [-0.05, 0) is 33.8 Å². The molecule has 1 rings (SSSR count). The summed E-state index contributed by atoms with van der Waals surface area (Å²) in [5.74, 6) is 0.859. The van der Waals surface area contributed by atoms with Crippen LogP contribution >= 0.6 is 0 Å². The third-order valence-electron chi connectivity index (χ3n) is 2.62. The van der Waals surface area contributed by atoms with E-state index in [1.54, 1.807) is 27.0 Å². The number of hydrogen-bond acceptors (Lipinski definition) is 5. The van der Waals surface area contributed by atoms with E-state index in [0.29, 0.717) is 13.1 Å². The lowest BCUT2D eigenvalue weighted by molar-refractivity contribution is 0.555. The summed E-state index contributed by atoms with van der Waals surface area (Å²) < 4.78 is 23.0. The van der Waals surface area contributed by atoms with Gasteiger partial charge in [-0.3, -0.25) is 0 Å². The third-order valence-corrected chi connectivity index (χ3v) is 5.23. The summed E-state index contributed by atoms with van der Waals surface area (Å²) in [6, 6.07) is 1.82. The monoisotopic (exact) mass is 271 g/mol. The molecule has 0 aromatic carbocycles. The molecule has 0 aliphatic rings. The molecule has 1 N–H and O–H groups in total. The summed E-state index contributed by atoms with van der Waals surface area (Å²) in [6.07, 6.45) is 1.70. The number of nitrogens with one attached hydrogen (secondary N) is 1. The highest BCUT2D eigenvalue weighted by Gasteiger charge is 2.27. The van der Waals surface area contributed by atoms with E-state index in [-0.39, 0.29) is 5.75 Å². The summed E-state index contributed by atoms with van der Waals surface area (Å²) in [5.41, 5.74) is 0.871. The van der Waals surface area contributed by atoms with Gasteiger partial charge in [0, 0.05) is 19.3 Å². The molecule has 0 saturated heterocycles. The van der Waals surface area contributed by atoms with Crippen LogP contribution in [0.4, 0.5) is 0 Å². The Morgan fingerprint density at radius 2 is 2.00 bits per heavy atom. The molecular weight excluding hydrogens is 250 g/mol. The third kappa shape index (κ3) is 4.34. The van der Waals surface area contributed by atoms with E-state index in [1.807, 2.05) is 13.0 Å². The quantitative estimate of drug-likeness (QED) is 0.812. The number of sulfone groups is 1. The number of hydrogen-bond donors (Lipinski definition) is 1. The Bertz CT molecular complexity index is 492. The first kappa shape index (κ1) is 15.0. The van der Waals surface area contributed by atoms with Crippen LogP contribution in [-0.2, 0) is 16.4 Å². The number of aryl methyl sites for hydroxylation is 1. The first-order valence-electron chi connectivity index (χ1n) is 5.94. The zero-order valence-electron chi connectivity index (χ0n) is 11.4. The second kappa shape index (κ2) is 5.75. The van der Waals surface area contributed by atoms with Crippen molar-refractivity contribution < 1.29 is 8.42 Å². The van der Waals surface area contributed by atoms with Crippen LogP contribution in [0.3, 0.4) is 0 Å². The van der Waals surface area contributed by atoms with E-state index >= 15 is 0 Å². The SMILES string of the molecule is Cc1nccc(CNCCS(=O)(=O)C(C)(C)C)n1. The van der Waals surface area contributed by atoms with Crippen molar-refractivity contribution in [2.75, 3.05) is 12.3 Å². The van der Waals surface area contributed by atoms with Gasteiger partial charge < -0.3 is 5.32 Å². The summed E-state index contributed by atoms with van der Waals surface area (Å²) in [5, 5.41) is 3.09. The molecule has 1 aromatic rings. The van der Waals surface area contributed by atoms with Gasteiger partial charge in [-0.2, -0.15) is 0 Å². The molecule has 0 aliphatic carbocycles. The van der Waals surface area contributed by atoms with Crippen LogP contribution in [0, 0.1) is 6.92 Å². The number of rotatable bonds is 5. The van der Waals surface area contributed by atoms with Crippen molar-refractivity contribution in [2.24, 2.45) is 0 Å². The summed E-state index contributed by atoms with van der Waals surface area (Å²) >= 11 is 0. The molecule has 6 heteroatoms. The van der Waals surface area contributed by atoms with Crippen molar-refractivity contribution in [2.45, 2.75) is 39.0 Å². The maximum absolute atomic E-state index is 11.9. The smallest absolute Gasteiger partial charge is 0.156 e. The molecule has 102 valence electrons. The van der Waals surface area contributed by atoms with Gasteiger partial charge in [0.2, 0.25) is 0 Å². The Balaban J connectivity index is 2.41. The van der Waals surface area contributed by atoms with Crippen molar-refractivity contribution in [3.8, 4) is 0 Å². The van der Waals surface area contributed by atoms with Crippen molar-refractivity contribution in [3.05, 3.63) is 23.8 Å². The molecule has 0 spiro atoms. The molecule has 0 radical (unpaired) electrons. The zero-order chi connectivity index (χ0) is 13.8. The predicted molar refractivity (Wildman–Crippen MR) is 72.0 cm³/mol. The van der Waals surface area contributed by atoms with E-state index in [0.717, 1.165) is 11.5 Å². The van der Waals surface area contributed by atoms with Crippen LogP contribution in [0.1, 0.15) is 32.3 Å².